The Morgan fingerprint density at radius 2 is 1.80 bits per heavy atom. The van der Waals surface area contributed by atoms with Gasteiger partial charge in [0.1, 0.15) is 0 Å². The van der Waals surface area contributed by atoms with Gasteiger partial charge in [-0.15, -0.1) is 11.6 Å². The molecule has 0 amide bonds. The van der Waals surface area contributed by atoms with Crippen molar-refractivity contribution in [3.8, 4) is 0 Å². The number of hydrogen-bond acceptors (Lipinski definition) is 0. The van der Waals surface area contributed by atoms with Gasteiger partial charge in [0.2, 0.25) is 0 Å². The molecule has 50 valence electrons. The maximum absolute atomic E-state index is 5.52. The second-order valence-electron chi connectivity index (χ2n) is 1.35. The maximum atomic E-state index is 5.52. The third kappa shape index (κ3) is 4.89. The van der Waals surface area contributed by atoms with Crippen molar-refractivity contribution in [1.82, 2.24) is 0 Å². The van der Waals surface area contributed by atoms with Crippen LogP contribution in [0.4, 0.5) is 0 Å². The summed E-state index contributed by atoms with van der Waals surface area (Å²) in [7, 11) is 0. The second kappa shape index (κ2) is 6.84. The van der Waals surface area contributed by atoms with Crippen LogP contribution in [0.3, 0.4) is 0 Å². The molecule has 4 heteroatoms. The molecule has 0 aliphatic carbocycles. The van der Waals surface area contributed by atoms with E-state index in [1.807, 2.05) is 0 Å². The van der Waals surface area contributed by atoms with Crippen molar-refractivity contribution in [3.63, 3.8) is 0 Å². The summed E-state index contributed by atoms with van der Waals surface area (Å²) < 4.78 is 0. The van der Waals surface area contributed by atoms with Crippen LogP contribution in [0.25, 0.3) is 0 Å². The molecule has 1 aromatic rings. The molecule has 0 bridgehead atoms. The van der Waals surface area contributed by atoms with E-state index in [2.05, 4.69) is 6.07 Å². The average molecular weight is 338 g/mol. The van der Waals surface area contributed by atoms with E-state index in [4.69, 9.17) is 23.2 Å². The Morgan fingerprint density at radius 1 is 1.20 bits per heavy atom. The predicted molar refractivity (Wildman–Crippen MR) is 35.3 cm³/mol. The molecular weight excluding hydrogens is 335 g/mol. The zero-order valence-corrected chi connectivity index (χ0v) is 11.7. The van der Waals surface area contributed by atoms with E-state index in [0.29, 0.717) is 10.0 Å². The van der Waals surface area contributed by atoms with Crippen molar-refractivity contribution in [3.05, 3.63) is 34.3 Å². The van der Waals surface area contributed by atoms with Gasteiger partial charge in [0.05, 0.1) is 0 Å². The topological polar surface area (TPSA) is 0 Å². The van der Waals surface area contributed by atoms with Gasteiger partial charge in [-0.2, -0.15) is 35.9 Å². The number of benzene rings is 1. The maximum Gasteiger partial charge on any atom is 2.00 e. The zero-order chi connectivity index (χ0) is 5.98. The van der Waals surface area contributed by atoms with Gasteiger partial charge >= 0.3 is 19.5 Å². The Balaban J connectivity index is 0. The van der Waals surface area contributed by atoms with E-state index in [1.165, 1.54) is 0 Å². The summed E-state index contributed by atoms with van der Waals surface area (Å²) in [5.74, 6) is 0. The Kier molecular flexibility index (Phi) is 9.38. The smallest absolute Gasteiger partial charge is 1.00 e. The van der Waals surface area contributed by atoms with E-state index in [-0.39, 0.29) is 43.5 Å². The van der Waals surface area contributed by atoms with Gasteiger partial charge < -0.3 is 24.0 Å². The first-order chi connectivity index (χ1) is 3.79. The van der Waals surface area contributed by atoms with Crippen LogP contribution in [0.5, 0.6) is 0 Å². The zero-order valence-electron chi connectivity index (χ0n) is 5.07. The van der Waals surface area contributed by atoms with Crippen molar-refractivity contribution < 1.29 is 43.5 Å². The van der Waals surface area contributed by atoms with Crippen molar-refractivity contribution in [2.75, 3.05) is 0 Å². The van der Waals surface area contributed by atoms with Gasteiger partial charge in [-0.05, 0) is 0 Å². The predicted octanol–water partition coefficient (Wildman–Crippen LogP) is -0.205. The Morgan fingerprint density at radius 3 is 2.10 bits per heavy atom. The molecule has 0 nitrogen and oxygen atoms in total. The fourth-order valence-corrected chi connectivity index (χ4v) is 0.622. The fourth-order valence-electron chi connectivity index (χ4n) is 0.387. The molecule has 0 saturated heterocycles. The summed E-state index contributed by atoms with van der Waals surface area (Å²) in [5, 5.41) is 1.25. The molecule has 10 heavy (non-hydrogen) atoms. The number of halogens is 3. The van der Waals surface area contributed by atoms with Gasteiger partial charge in [-0.25, -0.2) is 0 Å². The monoisotopic (exact) mass is 336 g/mol. The first kappa shape index (κ1) is 13.7. The SMILES string of the molecule is Clc1[c-]cc(Cl)cc1.[I-].[Zn+2]. The quantitative estimate of drug-likeness (QED) is 0.349. The van der Waals surface area contributed by atoms with Crippen molar-refractivity contribution >= 4 is 23.2 Å². The minimum absolute atomic E-state index is 0. The molecule has 0 atom stereocenters. The van der Waals surface area contributed by atoms with Crippen LogP contribution < -0.4 is 24.0 Å². The van der Waals surface area contributed by atoms with Crippen LogP contribution in [0, 0.1) is 6.07 Å². The molecular formula is C6H3Cl2IZn. The molecule has 0 heterocycles. The fraction of sp³-hybridized carbons (Fsp3) is 0. The molecule has 0 aliphatic heterocycles. The Bertz CT molecular complexity index is 155. The molecule has 0 fully saturated rings. The third-order valence-corrected chi connectivity index (χ3v) is 1.21. The largest absolute Gasteiger partial charge is 2.00 e. The third-order valence-electron chi connectivity index (χ3n) is 0.737. The van der Waals surface area contributed by atoms with Crippen LogP contribution in [0.1, 0.15) is 0 Å². The molecule has 0 N–H and O–H groups in total. The summed E-state index contributed by atoms with van der Waals surface area (Å²) >= 11 is 11.0. The van der Waals surface area contributed by atoms with Gasteiger partial charge in [0, 0.05) is 0 Å². The summed E-state index contributed by atoms with van der Waals surface area (Å²) in [6.45, 7) is 0. The molecule has 1 aromatic carbocycles. The minimum atomic E-state index is 0. The first-order valence-corrected chi connectivity index (χ1v) is 2.87. The first-order valence-electron chi connectivity index (χ1n) is 2.12. The normalized spacial score (nSPS) is 7.40. The Labute approximate surface area is 100 Å². The van der Waals surface area contributed by atoms with Crippen LogP contribution in [-0.4, -0.2) is 0 Å². The van der Waals surface area contributed by atoms with Crippen molar-refractivity contribution in [2.45, 2.75) is 0 Å². The number of hydrogen-bond donors (Lipinski definition) is 0. The van der Waals surface area contributed by atoms with E-state index in [1.54, 1.807) is 18.2 Å². The average Bonchev–Trinajstić information content (AvgIpc) is 1.77. The van der Waals surface area contributed by atoms with Crippen molar-refractivity contribution in [1.29, 1.82) is 0 Å². The van der Waals surface area contributed by atoms with Crippen LogP contribution in [0.15, 0.2) is 18.2 Å². The van der Waals surface area contributed by atoms with Gasteiger partial charge in [-0.1, -0.05) is 10.0 Å². The second-order valence-corrected chi connectivity index (χ2v) is 2.20. The molecule has 0 saturated carbocycles. The summed E-state index contributed by atoms with van der Waals surface area (Å²) in [4.78, 5) is 0. The molecule has 0 spiro atoms. The van der Waals surface area contributed by atoms with E-state index < -0.39 is 0 Å². The molecule has 0 aliphatic rings. The van der Waals surface area contributed by atoms with E-state index in [9.17, 15) is 0 Å². The minimum Gasteiger partial charge on any atom is -1.00 e. The van der Waals surface area contributed by atoms with Gasteiger partial charge in [0.25, 0.3) is 0 Å². The van der Waals surface area contributed by atoms with Crippen LogP contribution in [-0.2, 0) is 19.5 Å². The Hall–Kier alpha value is 1.15. The summed E-state index contributed by atoms with van der Waals surface area (Å²) in [6, 6.07) is 7.78. The van der Waals surface area contributed by atoms with E-state index >= 15 is 0 Å². The van der Waals surface area contributed by atoms with Gasteiger partial charge in [0.15, 0.2) is 0 Å². The van der Waals surface area contributed by atoms with Crippen molar-refractivity contribution in [2.24, 2.45) is 0 Å². The standard InChI is InChI=1S/C6H3Cl2.HI.Zn/c7-5-1-2-6(8)4-3-5;;/h1-3H;1H;/q-1;;+2/p-1. The molecule has 1 rings (SSSR count). The summed E-state index contributed by atoms with van der Waals surface area (Å²) in [6.07, 6.45) is 0. The molecule has 0 aromatic heterocycles. The number of rotatable bonds is 0. The van der Waals surface area contributed by atoms with E-state index in [0.717, 1.165) is 0 Å². The summed E-state index contributed by atoms with van der Waals surface area (Å²) in [5.41, 5.74) is 0. The molecule has 0 radical (unpaired) electrons. The van der Waals surface area contributed by atoms with Gasteiger partial charge in [-0.3, -0.25) is 0 Å². The van der Waals surface area contributed by atoms with Crippen LogP contribution in [0.2, 0.25) is 10.0 Å². The van der Waals surface area contributed by atoms with Crippen LogP contribution >= 0.6 is 23.2 Å². The molecule has 0 unspecified atom stereocenters.